The molecule has 0 radical (unpaired) electrons. The molecule has 3 atom stereocenters. The summed E-state index contributed by atoms with van der Waals surface area (Å²) in [4.78, 5) is 16.6. The third-order valence-electron chi connectivity index (χ3n) is 7.59. The number of aliphatic imine (C=N–C) groups is 1. The van der Waals surface area contributed by atoms with Gasteiger partial charge in [-0.1, -0.05) is 12.8 Å². The van der Waals surface area contributed by atoms with Crippen LogP contribution in [0.5, 0.6) is 0 Å². The Kier molecular flexibility index (Phi) is 6.20. The first-order valence-corrected chi connectivity index (χ1v) is 11.9. The summed E-state index contributed by atoms with van der Waals surface area (Å²) in [6.45, 7) is 6.59. The molecule has 7 nitrogen and oxygen atoms in total. The van der Waals surface area contributed by atoms with Crippen LogP contribution in [0.3, 0.4) is 0 Å². The number of amides is 1. The maximum absolute atomic E-state index is 12.0. The fourth-order valence-electron chi connectivity index (χ4n) is 6.27. The van der Waals surface area contributed by atoms with E-state index in [0.29, 0.717) is 29.5 Å². The van der Waals surface area contributed by atoms with Gasteiger partial charge in [-0.3, -0.25) is 4.99 Å². The number of hydrogen-bond acceptors (Lipinski definition) is 4. The van der Waals surface area contributed by atoms with E-state index < -0.39 is 5.60 Å². The molecule has 3 N–H and O–H groups in total. The van der Waals surface area contributed by atoms with Crippen molar-refractivity contribution in [3.05, 3.63) is 0 Å². The predicted octanol–water partition coefficient (Wildman–Crippen LogP) is 3.34. The Hall–Kier alpha value is -1.50. The van der Waals surface area contributed by atoms with Crippen LogP contribution >= 0.6 is 0 Å². The molecule has 0 bridgehead atoms. The lowest BCUT2D eigenvalue weighted by molar-refractivity contribution is -0.125. The number of nitrogens with one attached hydrogen (secondary N) is 3. The summed E-state index contributed by atoms with van der Waals surface area (Å²) in [6.07, 6.45) is 10.5. The molecule has 1 spiro atoms. The SMILES string of the molecule is CN=C(NC1CCC(NC(=O)OC(C)(C)C)CC1)NC1C2CCOC2C12CCCC2. The van der Waals surface area contributed by atoms with Crippen LogP contribution in [0.25, 0.3) is 0 Å². The zero-order valence-electron chi connectivity index (χ0n) is 19.1. The second-order valence-corrected chi connectivity index (χ2v) is 10.7. The van der Waals surface area contributed by atoms with Crippen LogP contribution in [0.15, 0.2) is 4.99 Å². The number of rotatable bonds is 3. The van der Waals surface area contributed by atoms with Gasteiger partial charge in [-0.05, 0) is 65.7 Å². The number of guanidine groups is 1. The summed E-state index contributed by atoms with van der Waals surface area (Å²) in [7, 11) is 1.87. The number of carbonyl (C=O) groups excluding carboxylic acids is 1. The number of carbonyl (C=O) groups is 1. The Morgan fingerprint density at radius 1 is 1.00 bits per heavy atom. The van der Waals surface area contributed by atoms with Crippen molar-refractivity contribution in [1.29, 1.82) is 0 Å². The van der Waals surface area contributed by atoms with Crippen LogP contribution in [0.2, 0.25) is 0 Å². The van der Waals surface area contributed by atoms with E-state index in [9.17, 15) is 4.79 Å². The second-order valence-electron chi connectivity index (χ2n) is 10.7. The maximum atomic E-state index is 12.0. The van der Waals surface area contributed by atoms with Gasteiger partial charge in [0.05, 0.1) is 6.10 Å². The first kappa shape index (κ1) is 21.7. The van der Waals surface area contributed by atoms with E-state index in [1.165, 1.54) is 32.1 Å². The first-order chi connectivity index (χ1) is 14.3. The van der Waals surface area contributed by atoms with Crippen molar-refractivity contribution >= 4 is 12.1 Å². The monoisotopic (exact) mass is 420 g/mol. The van der Waals surface area contributed by atoms with Gasteiger partial charge in [0.15, 0.2) is 5.96 Å². The van der Waals surface area contributed by atoms with E-state index in [0.717, 1.165) is 38.2 Å². The van der Waals surface area contributed by atoms with E-state index in [1.54, 1.807) is 0 Å². The molecule has 1 aliphatic heterocycles. The minimum atomic E-state index is -0.456. The average Bonchev–Trinajstić information content (AvgIpc) is 3.33. The van der Waals surface area contributed by atoms with Gasteiger partial charge in [-0.25, -0.2) is 4.79 Å². The molecule has 3 saturated carbocycles. The summed E-state index contributed by atoms with van der Waals surface area (Å²) < 4.78 is 11.5. The lowest BCUT2D eigenvalue weighted by atomic mass is 9.54. The highest BCUT2D eigenvalue weighted by Gasteiger charge is 2.65. The molecule has 7 heteroatoms. The third kappa shape index (κ3) is 4.41. The van der Waals surface area contributed by atoms with E-state index in [2.05, 4.69) is 20.9 Å². The van der Waals surface area contributed by atoms with Crippen LogP contribution in [-0.2, 0) is 9.47 Å². The summed E-state index contributed by atoms with van der Waals surface area (Å²) in [6, 6.07) is 1.07. The zero-order chi connectivity index (χ0) is 21.4. The highest BCUT2D eigenvalue weighted by atomic mass is 16.6. The molecule has 0 aromatic carbocycles. The average molecular weight is 421 g/mol. The zero-order valence-corrected chi connectivity index (χ0v) is 19.1. The molecule has 3 unspecified atom stereocenters. The topological polar surface area (TPSA) is 84.0 Å². The molecule has 1 amide bonds. The maximum Gasteiger partial charge on any atom is 0.407 e. The smallest absolute Gasteiger partial charge is 0.407 e. The van der Waals surface area contributed by atoms with Gasteiger partial charge in [-0.2, -0.15) is 0 Å². The highest BCUT2D eigenvalue weighted by molar-refractivity contribution is 5.80. The summed E-state index contributed by atoms with van der Waals surface area (Å²) in [5, 5.41) is 10.5. The molecule has 30 heavy (non-hydrogen) atoms. The van der Waals surface area contributed by atoms with E-state index in [4.69, 9.17) is 9.47 Å². The number of nitrogens with zero attached hydrogens (tertiary/aromatic N) is 1. The molecule has 4 aliphatic rings. The van der Waals surface area contributed by atoms with Crippen molar-refractivity contribution in [1.82, 2.24) is 16.0 Å². The van der Waals surface area contributed by atoms with Crippen LogP contribution in [0.1, 0.15) is 78.6 Å². The molecule has 0 aromatic rings. The molecular formula is C23H40N4O3. The molecular weight excluding hydrogens is 380 g/mol. The first-order valence-electron chi connectivity index (χ1n) is 11.9. The number of hydrogen-bond donors (Lipinski definition) is 3. The molecule has 1 saturated heterocycles. The highest BCUT2D eigenvalue weighted by Crippen LogP contribution is 2.60. The van der Waals surface area contributed by atoms with Gasteiger partial charge in [0, 0.05) is 43.1 Å². The van der Waals surface area contributed by atoms with Crippen molar-refractivity contribution in [2.45, 2.75) is 108 Å². The lowest BCUT2D eigenvalue weighted by Gasteiger charge is -2.57. The molecule has 4 rings (SSSR count). The van der Waals surface area contributed by atoms with Crippen molar-refractivity contribution in [3.8, 4) is 0 Å². The third-order valence-corrected chi connectivity index (χ3v) is 7.59. The number of alkyl carbamates (subject to hydrolysis) is 1. The van der Waals surface area contributed by atoms with Gasteiger partial charge in [-0.15, -0.1) is 0 Å². The van der Waals surface area contributed by atoms with E-state index in [-0.39, 0.29) is 12.1 Å². The van der Waals surface area contributed by atoms with Crippen molar-refractivity contribution in [2.75, 3.05) is 13.7 Å². The van der Waals surface area contributed by atoms with Crippen LogP contribution in [0, 0.1) is 11.3 Å². The molecule has 1 heterocycles. The summed E-state index contributed by atoms with van der Waals surface area (Å²) >= 11 is 0. The molecule has 170 valence electrons. The Labute approximate surface area is 181 Å². The quantitative estimate of drug-likeness (QED) is 0.482. The Balaban J connectivity index is 1.25. The molecule has 4 fully saturated rings. The Morgan fingerprint density at radius 2 is 1.63 bits per heavy atom. The van der Waals surface area contributed by atoms with Crippen molar-refractivity contribution in [2.24, 2.45) is 16.3 Å². The largest absolute Gasteiger partial charge is 0.444 e. The van der Waals surface area contributed by atoms with Crippen LogP contribution in [0.4, 0.5) is 4.79 Å². The minimum Gasteiger partial charge on any atom is -0.444 e. The van der Waals surface area contributed by atoms with Gasteiger partial charge in [0.1, 0.15) is 5.60 Å². The predicted molar refractivity (Wildman–Crippen MR) is 118 cm³/mol. The van der Waals surface area contributed by atoms with Crippen molar-refractivity contribution < 1.29 is 14.3 Å². The lowest BCUT2D eigenvalue weighted by Crippen LogP contribution is -2.69. The fraction of sp³-hybridized carbons (Fsp3) is 0.913. The summed E-state index contributed by atoms with van der Waals surface area (Å²) in [5.74, 6) is 1.57. The molecule has 3 aliphatic carbocycles. The van der Waals surface area contributed by atoms with E-state index >= 15 is 0 Å². The standard InChI is InChI=1S/C23H40N4O3/c1-22(2,3)30-21(28)26-16-9-7-15(8-10-16)25-20(24-4)27-18-17-11-14-29-19(17)23(18)12-5-6-13-23/h15-19H,5-14H2,1-4H3,(H,26,28)(H2,24,25,27). The normalized spacial score (nSPS) is 35.5. The van der Waals surface area contributed by atoms with Crippen LogP contribution < -0.4 is 16.0 Å². The molecule has 0 aromatic heterocycles. The fourth-order valence-corrected chi connectivity index (χ4v) is 6.27. The minimum absolute atomic E-state index is 0.192. The van der Waals surface area contributed by atoms with Gasteiger partial charge < -0.3 is 25.4 Å². The number of ether oxygens (including phenoxy) is 2. The van der Waals surface area contributed by atoms with Gasteiger partial charge in [0.2, 0.25) is 0 Å². The van der Waals surface area contributed by atoms with Gasteiger partial charge >= 0.3 is 6.09 Å². The summed E-state index contributed by atoms with van der Waals surface area (Å²) in [5.41, 5.74) is -0.129. The van der Waals surface area contributed by atoms with Crippen LogP contribution in [-0.4, -0.2) is 55.5 Å². The Bertz CT molecular complexity index is 645. The second kappa shape index (κ2) is 8.56. The van der Waals surface area contributed by atoms with Gasteiger partial charge in [0.25, 0.3) is 0 Å². The van der Waals surface area contributed by atoms with E-state index in [1.807, 2.05) is 27.8 Å². The Morgan fingerprint density at radius 3 is 2.23 bits per heavy atom. The number of fused-ring (bicyclic) bond motifs is 2. The van der Waals surface area contributed by atoms with Crippen molar-refractivity contribution in [3.63, 3.8) is 0 Å².